The summed E-state index contributed by atoms with van der Waals surface area (Å²) in [6.45, 7) is 3.11. The lowest BCUT2D eigenvalue weighted by Gasteiger charge is -2.46. The Morgan fingerprint density at radius 3 is 2.63 bits per heavy atom. The second kappa shape index (κ2) is 9.10. The van der Waals surface area contributed by atoms with E-state index in [2.05, 4.69) is 10.3 Å². The van der Waals surface area contributed by atoms with Gasteiger partial charge in [-0.15, -0.1) is 0 Å². The van der Waals surface area contributed by atoms with Gasteiger partial charge in [-0.2, -0.15) is 0 Å². The lowest BCUT2D eigenvalue weighted by atomic mass is 9.63. The molecule has 6 atom stereocenters. The number of amides is 2. The highest BCUT2D eigenvalue weighted by Crippen LogP contribution is 2.52. The average Bonchev–Trinajstić information content (AvgIpc) is 3.11. The third kappa shape index (κ3) is 4.11. The minimum atomic E-state index is -0.807. The summed E-state index contributed by atoms with van der Waals surface area (Å²) in [6.07, 6.45) is 6.48. The topological polar surface area (TPSA) is 114 Å². The van der Waals surface area contributed by atoms with Gasteiger partial charge in [0.15, 0.2) is 0 Å². The number of aliphatic hydroxyl groups is 1. The molecule has 1 spiro atoms. The average molecular weight is 424 g/mol. The first-order valence-corrected chi connectivity index (χ1v) is 11.6. The van der Waals surface area contributed by atoms with E-state index < -0.39 is 12.0 Å². The number of nitrogens with two attached hydrogens (primary N) is 1. The van der Waals surface area contributed by atoms with Crippen LogP contribution in [0, 0.1) is 29.1 Å². The number of hydrogen-bond donors (Lipinski definition) is 3. The van der Waals surface area contributed by atoms with Crippen LogP contribution < -0.4 is 11.2 Å². The molecule has 30 heavy (non-hydrogen) atoms. The van der Waals surface area contributed by atoms with E-state index in [0.717, 1.165) is 51.9 Å². The molecule has 2 aliphatic carbocycles. The van der Waals surface area contributed by atoms with E-state index in [-0.39, 0.29) is 23.1 Å². The Balaban J connectivity index is 1.31. The minimum Gasteiger partial charge on any atom is -0.392 e. The molecule has 4 aliphatic rings. The van der Waals surface area contributed by atoms with Crippen molar-refractivity contribution in [2.24, 2.45) is 34.8 Å². The molecule has 4 N–H and O–H groups in total. The summed E-state index contributed by atoms with van der Waals surface area (Å²) in [6, 6.07) is 0. The molecule has 8 nitrogen and oxygen atoms in total. The van der Waals surface area contributed by atoms with Crippen LogP contribution in [-0.2, 0) is 19.2 Å². The summed E-state index contributed by atoms with van der Waals surface area (Å²) in [4.78, 5) is 31.8. The number of carbonyl (C=O) groups excluding carboxylic acids is 2. The normalized spacial score (nSPS) is 38.3. The molecule has 0 bridgehead atoms. The predicted molar refractivity (Wildman–Crippen MR) is 110 cm³/mol. The van der Waals surface area contributed by atoms with E-state index >= 15 is 0 Å². The Kier molecular flexibility index (Phi) is 6.67. The number of rotatable bonds is 4. The molecule has 2 saturated heterocycles. The molecule has 2 amide bonds. The maximum atomic E-state index is 13.1. The highest BCUT2D eigenvalue weighted by molar-refractivity contribution is 5.81. The standard InChI is InChI=1S/C22H37N3O5/c1-29-24-20(27)16-4-3-15(11-18(16)26)21(28)25-8-6-22(7-9-25)13-30-19-5-2-14(12-23)10-17(19)22/h14-19,26H,2-13,23H2,1H3,(H,24,27). The largest absolute Gasteiger partial charge is 0.392 e. The molecule has 6 unspecified atom stereocenters. The van der Waals surface area contributed by atoms with Gasteiger partial charge in [-0.1, -0.05) is 0 Å². The quantitative estimate of drug-likeness (QED) is 0.577. The second-order valence-electron chi connectivity index (χ2n) is 9.91. The van der Waals surface area contributed by atoms with E-state index in [1.165, 1.54) is 13.5 Å². The summed E-state index contributed by atoms with van der Waals surface area (Å²) in [7, 11) is 1.38. The van der Waals surface area contributed by atoms with Crippen molar-refractivity contribution in [1.29, 1.82) is 0 Å². The monoisotopic (exact) mass is 423 g/mol. The fourth-order valence-corrected chi connectivity index (χ4v) is 6.47. The Bertz CT molecular complexity index is 636. The van der Waals surface area contributed by atoms with E-state index in [1.807, 2.05) is 4.90 Å². The maximum Gasteiger partial charge on any atom is 0.249 e. The van der Waals surface area contributed by atoms with Gasteiger partial charge in [-0.25, -0.2) is 5.48 Å². The lowest BCUT2D eigenvalue weighted by Crippen LogP contribution is -2.51. The molecule has 0 aromatic carbocycles. The summed E-state index contributed by atoms with van der Waals surface area (Å²) < 4.78 is 6.20. The summed E-state index contributed by atoms with van der Waals surface area (Å²) >= 11 is 0. The van der Waals surface area contributed by atoms with Crippen LogP contribution in [0.5, 0.6) is 0 Å². The first-order chi connectivity index (χ1) is 14.5. The van der Waals surface area contributed by atoms with Gasteiger partial charge >= 0.3 is 0 Å². The predicted octanol–water partition coefficient (Wildman–Crippen LogP) is 0.824. The third-order valence-corrected chi connectivity index (χ3v) is 8.38. The molecule has 2 heterocycles. The zero-order valence-corrected chi connectivity index (χ0v) is 18.1. The molecular weight excluding hydrogens is 386 g/mol. The number of fused-ring (bicyclic) bond motifs is 2. The van der Waals surface area contributed by atoms with E-state index in [0.29, 0.717) is 37.2 Å². The third-order valence-electron chi connectivity index (χ3n) is 8.38. The van der Waals surface area contributed by atoms with E-state index in [9.17, 15) is 14.7 Å². The van der Waals surface area contributed by atoms with Crippen LogP contribution in [0.25, 0.3) is 0 Å². The van der Waals surface area contributed by atoms with Crippen LogP contribution in [0.1, 0.15) is 51.4 Å². The van der Waals surface area contributed by atoms with Crippen molar-refractivity contribution in [3.8, 4) is 0 Å². The number of nitrogens with zero attached hydrogens (tertiary/aromatic N) is 1. The summed E-state index contributed by atoms with van der Waals surface area (Å²) in [5.74, 6) is 0.297. The fourth-order valence-electron chi connectivity index (χ4n) is 6.47. The van der Waals surface area contributed by atoms with Crippen molar-refractivity contribution in [2.45, 2.75) is 63.6 Å². The van der Waals surface area contributed by atoms with Gasteiger partial charge in [0.05, 0.1) is 31.8 Å². The number of likely N-dealkylation sites (tertiary alicyclic amines) is 1. The second-order valence-corrected chi connectivity index (χ2v) is 9.91. The SMILES string of the molecule is CONC(=O)C1CCC(C(=O)N2CCC3(CC2)COC2CCC(CN)CC23)CC1O. The van der Waals surface area contributed by atoms with Gasteiger partial charge in [0.1, 0.15) is 0 Å². The van der Waals surface area contributed by atoms with Crippen LogP contribution in [-0.4, -0.2) is 67.4 Å². The van der Waals surface area contributed by atoms with Gasteiger partial charge in [0.25, 0.3) is 0 Å². The molecule has 8 heteroatoms. The van der Waals surface area contributed by atoms with Crippen LogP contribution in [0.2, 0.25) is 0 Å². The number of hydroxylamine groups is 1. The molecule has 0 aromatic heterocycles. The minimum absolute atomic E-state index is 0.133. The summed E-state index contributed by atoms with van der Waals surface area (Å²) in [5, 5.41) is 10.4. The summed E-state index contributed by atoms with van der Waals surface area (Å²) in [5.41, 5.74) is 8.45. The van der Waals surface area contributed by atoms with Crippen LogP contribution in [0.3, 0.4) is 0 Å². The molecular formula is C22H37N3O5. The van der Waals surface area contributed by atoms with Crippen molar-refractivity contribution in [3.05, 3.63) is 0 Å². The van der Waals surface area contributed by atoms with Crippen LogP contribution in [0.15, 0.2) is 0 Å². The van der Waals surface area contributed by atoms with Gasteiger partial charge in [-0.05, 0) is 69.7 Å². The lowest BCUT2D eigenvalue weighted by molar-refractivity contribution is -0.148. The van der Waals surface area contributed by atoms with Crippen LogP contribution >= 0.6 is 0 Å². The Labute approximate surface area is 178 Å². The zero-order chi connectivity index (χ0) is 21.3. The van der Waals surface area contributed by atoms with Crippen molar-refractivity contribution >= 4 is 11.8 Å². The highest BCUT2D eigenvalue weighted by atomic mass is 16.6. The van der Waals surface area contributed by atoms with Gasteiger partial charge in [-0.3, -0.25) is 14.4 Å². The van der Waals surface area contributed by atoms with Crippen molar-refractivity contribution in [3.63, 3.8) is 0 Å². The molecule has 170 valence electrons. The molecule has 0 radical (unpaired) electrons. The Morgan fingerprint density at radius 1 is 1.20 bits per heavy atom. The molecule has 4 rings (SSSR count). The molecule has 4 fully saturated rings. The number of aliphatic hydroxyl groups excluding tert-OH is 1. The van der Waals surface area contributed by atoms with Gasteiger partial charge < -0.3 is 20.5 Å². The Hall–Kier alpha value is -1.22. The smallest absolute Gasteiger partial charge is 0.249 e. The number of hydrogen-bond acceptors (Lipinski definition) is 6. The molecule has 0 aromatic rings. The van der Waals surface area contributed by atoms with Crippen LogP contribution in [0.4, 0.5) is 0 Å². The van der Waals surface area contributed by atoms with E-state index in [4.69, 9.17) is 10.5 Å². The molecule has 2 saturated carbocycles. The first-order valence-electron chi connectivity index (χ1n) is 11.6. The first kappa shape index (κ1) is 22.0. The number of nitrogens with one attached hydrogen (secondary N) is 1. The van der Waals surface area contributed by atoms with Crippen molar-refractivity contribution in [1.82, 2.24) is 10.4 Å². The fraction of sp³-hybridized carbons (Fsp3) is 0.909. The van der Waals surface area contributed by atoms with E-state index in [1.54, 1.807) is 0 Å². The van der Waals surface area contributed by atoms with Crippen molar-refractivity contribution < 1.29 is 24.3 Å². The van der Waals surface area contributed by atoms with Crippen molar-refractivity contribution in [2.75, 3.05) is 33.4 Å². The number of carbonyl (C=O) groups is 2. The van der Waals surface area contributed by atoms with Gasteiger partial charge in [0, 0.05) is 24.4 Å². The zero-order valence-electron chi connectivity index (χ0n) is 18.1. The maximum absolute atomic E-state index is 13.1. The number of ether oxygens (including phenoxy) is 1. The molecule has 2 aliphatic heterocycles. The number of piperidine rings is 1. The Morgan fingerprint density at radius 2 is 1.97 bits per heavy atom. The van der Waals surface area contributed by atoms with Gasteiger partial charge in [0.2, 0.25) is 11.8 Å². The highest BCUT2D eigenvalue weighted by Gasteiger charge is 2.53.